The van der Waals surface area contributed by atoms with Crippen molar-refractivity contribution in [3.63, 3.8) is 0 Å². The van der Waals surface area contributed by atoms with Crippen LogP contribution in [0.15, 0.2) is 29.1 Å². The van der Waals surface area contributed by atoms with Crippen LogP contribution in [-0.4, -0.2) is 57.8 Å². The number of carbonyl (C=O) groups excluding carboxylic acids is 3. The van der Waals surface area contributed by atoms with Gasteiger partial charge in [-0.05, 0) is 63.4 Å². The Morgan fingerprint density at radius 3 is 2.57 bits per heavy atom. The van der Waals surface area contributed by atoms with Crippen molar-refractivity contribution in [1.29, 1.82) is 0 Å². The lowest BCUT2D eigenvalue weighted by molar-refractivity contribution is -0.172. The van der Waals surface area contributed by atoms with E-state index in [0.717, 1.165) is 22.0 Å². The van der Waals surface area contributed by atoms with Gasteiger partial charge in [-0.1, -0.05) is 13.8 Å². The lowest BCUT2D eigenvalue weighted by atomic mass is 9.86. The molecule has 2 aromatic heterocycles. The van der Waals surface area contributed by atoms with Crippen molar-refractivity contribution in [2.24, 2.45) is 0 Å². The van der Waals surface area contributed by atoms with Crippen LogP contribution in [0.4, 0.5) is 0 Å². The van der Waals surface area contributed by atoms with Gasteiger partial charge in [0.2, 0.25) is 5.78 Å². The number of hydrogen-bond donors (Lipinski definition) is 1. The molecule has 1 N–H and O–H groups in total. The van der Waals surface area contributed by atoms with E-state index >= 15 is 0 Å². The summed E-state index contributed by atoms with van der Waals surface area (Å²) in [6, 6.07) is 7.38. The number of aliphatic hydroxyl groups is 1. The fourth-order valence-electron chi connectivity index (χ4n) is 5.69. The highest BCUT2D eigenvalue weighted by Gasteiger charge is 2.45. The molecule has 1 aromatic carbocycles. The smallest absolute Gasteiger partial charge is 0.375 e. The van der Waals surface area contributed by atoms with Gasteiger partial charge in [0.1, 0.15) is 18.0 Å². The number of aryl methyl sites for hydroxylation is 1. The Morgan fingerprint density at radius 2 is 1.86 bits per heavy atom. The number of hydrogen-bond acceptors (Lipinski definition) is 10. The molecule has 3 aromatic rings. The topological polar surface area (TPSA) is 143 Å². The Morgan fingerprint density at radius 1 is 1.09 bits per heavy atom. The summed E-state index contributed by atoms with van der Waals surface area (Å²) in [7, 11) is 0. The number of fused-ring (bicyclic) bond motifs is 5. The molecule has 0 radical (unpaired) electrons. The van der Waals surface area contributed by atoms with Crippen LogP contribution in [0.3, 0.4) is 0 Å². The van der Waals surface area contributed by atoms with Crippen LogP contribution in [0.25, 0.3) is 22.3 Å². The first-order valence-electron chi connectivity index (χ1n) is 15.0. The SMILES string of the molecule is CCc1c2c(nc3ccc(OCCCOCCC(=O)C(=O)OC(C)(C)C)cc13)-c1cc3c(c(=O)n1C2)COC(=O)[C@]3(O)CC. The molecule has 0 bridgehead atoms. The second-order valence-electron chi connectivity index (χ2n) is 12.0. The van der Waals surface area contributed by atoms with Gasteiger partial charge in [0.15, 0.2) is 5.60 Å². The predicted octanol–water partition coefficient (Wildman–Crippen LogP) is 3.73. The van der Waals surface area contributed by atoms with Crippen molar-refractivity contribution < 1.29 is 38.4 Å². The highest BCUT2D eigenvalue weighted by Crippen LogP contribution is 2.40. The Kier molecular flexibility index (Phi) is 8.64. The highest BCUT2D eigenvalue weighted by molar-refractivity contribution is 6.33. The summed E-state index contributed by atoms with van der Waals surface area (Å²) in [5.41, 5.74) is 1.68. The lowest BCUT2D eigenvalue weighted by Gasteiger charge is -2.31. The van der Waals surface area contributed by atoms with Crippen molar-refractivity contribution in [3.05, 3.63) is 56.9 Å². The molecule has 0 fully saturated rings. The number of rotatable bonds is 11. The van der Waals surface area contributed by atoms with E-state index in [4.69, 9.17) is 23.9 Å². The molecule has 234 valence electrons. The summed E-state index contributed by atoms with van der Waals surface area (Å²) in [6.45, 7) is 9.89. The monoisotopic (exact) mass is 606 g/mol. The number of Topliss-reactive ketones (excluding diaryl/α,β-unsaturated/α-hetero) is 1. The first kappa shape index (κ1) is 31.3. The number of carbonyl (C=O) groups is 3. The minimum atomic E-state index is -1.87. The molecule has 5 rings (SSSR count). The fourth-order valence-corrected chi connectivity index (χ4v) is 5.69. The normalized spacial score (nSPS) is 17.1. The third kappa shape index (κ3) is 5.86. The van der Waals surface area contributed by atoms with Gasteiger partial charge in [-0.3, -0.25) is 9.59 Å². The first-order chi connectivity index (χ1) is 20.9. The summed E-state index contributed by atoms with van der Waals surface area (Å²) >= 11 is 0. The van der Waals surface area contributed by atoms with E-state index in [-0.39, 0.29) is 31.6 Å². The van der Waals surface area contributed by atoms with Gasteiger partial charge in [-0.2, -0.15) is 0 Å². The van der Waals surface area contributed by atoms with Crippen LogP contribution in [0.5, 0.6) is 5.75 Å². The maximum Gasteiger partial charge on any atom is 0.375 e. The number of ether oxygens (including phenoxy) is 4. The standard InChI is InChI=1S/C33H38N2O9/c1-6-20-21-15-19(42-13-8-12-41-14-11-27(36)30(38)44-32(3,4)5)9-10-25(21)34-28-22(20)17-35-26(28)16-24-23(29(35)37)18-43-31(39)33(24,40)7-2/h9-10,15-16,40H,6-8,11-14,17-18H2,1-5H3/t33-/m0/s1. The van der Waals surface area contributed by atoms with Crippen molar-refractivity contribution in [3.8, 4) is 17.1 Å². The minimum Gasteiger partial charge on any atom is -0.493 e. The summed E-state index contributed by atoms with van der Waals surface area (Å²) in [4.78, 5) is 54.5. The molecule has 4 heterocycles. The van der Waals surface area contributed by atoms with Gasteiger partial charge in [-0.15, -0.1) is 0 Å². The van der Waals surface area contributed by atoms with Crippen molar-refractivity contribution in [2.75, 3.05) is 19.8 Å². The van der Waals surface area contributed by atoms with Crippen LogP contribution < -0.4 is 10.3 Å². The van der Waals surface area contributed by atoms with E-state index in [9.17, 15) is 24.3 Å². The molecule has 1 atom stereocenters. The predicted molar refractivity (Wildman–Crippen MR) is 160 cm³/mol. The van der Waals surface area contributed by atoms with E-state index in [2.05, 4.69) is 0 Å². The number of ketones is 1. The fraction of sp³-hybridized carbons (Fsp3) is 0.485. The lowest BCUT2D eigenvalue weighted by Crippen LogP contribution is -2.44. The zero-order valence-corrected chi connectivity index (χ0v) is 25.8. The number of cyclic esters (lactones) is 1. The van der Waals surface area contributed by atoms with Crippen LogP contribution in [-0.2, 0) is 53.8 Å². The number of aromatic nitrogens is 2. The summed E-state index contributed by atoms with van der Waals surface area (Å²) in [5, 5.41) is 12.0. The van der Waals surface area contributed by atoms with Gasteiger partial charge in [0.25, 0.3) is 5.56 Å². The number of pyridine rings is 2. The van der Waals surface area contributed by atoms with E-state index in [0.29, 0.717) is 60.9 Å². The Hall–Kier alpha value is -4.09. The van der Waals surface area contributed by atoms with Gasteiger partial charge >= 0.3 is 11.9 Å². The molecule has 0 unspecified atom stereocenters. The Bertz CT molecular complexity index is 1700. The molecule has 11 nitrogen and oxygen atoms in total. The number of esters is 2. The van der Waals surface area contributed by atoms with E-state index in [1.807, 2.05) is 25.1 Å². The molecule has 11 heteroatoms. The second-order valence-corrected chi connectivity index (χ2v) is 12.0. The van der Waals surface area contributed by atoms with Gasteiger partial charge in [0, 0.05) is 36.0 Å². The zero-order valence-electron chi connectivity index (χ0n) is 25.8. The average Bonchev–Trinajstić information content (AvgIpc) is 3.35. The molecule has 44 heavy (non-hydrogen) atoms. The second kappa shape index (κ2) is 12.1. The molecule has 0 spiro atoms. The molecule has 0 amide bonds. The van der Waals surface area contributed by atoms with Crippen molar-refractivity contribution >= 4 is 28.6 Å². The van der Waals surface area contributed by atoms with Crippen molar-refractivity contribution in [2.45, 2.75) is 84.7 Å². The third-order valence-electron chi connectivity index (χ3n) is 7.93. The highest BCUT2D eigenvalue weighted by atomic mass is 16.6. The molecular weight excluding hydrogens is 568 g/mol. The molecule has 2 aliphatic heterocycles. The summed E-state index contributed by atoms with van der Waals surface area (Å²) < 4.78 is 23.3. The van der Waals surface area contributed by atoms with Gasteiger partial charge in [-0.25, -0.2) is 14.6 Å². The number of benzene rings is 1. The van der Waals surface area contributed by atoms with Crippen molar-refractivity contribution in [1.82, 2.24) is 9.55 Å². The molecule has 0 aliphatic carbocycles. The molecule has 0 saturated heterocycles. The zero-order chi connectivity index (χ0) is 31.8. The van der Waals surface area contributed by atoms with E-state index in [1.165, 1.54) is 0 Å². The average molecular weight is 607 g/mol. The molecular formula is C33H38N2O9. The van der Waals surface area contributed by atoms with Gasteiger partial charge in [0.05, 0.1) is 42.2 Å². The van der Waals surface area contributed by atoms with Crippen LogP contribution >= 0.6 is 0 Å². The largest absolute Gasteiger partial charge is 0.493 e. The Balaban J connectivity index is 1.27. The van der Waals surface area contributed by atoms with E-state index < -0.39 is 28.9 Å². The number of nitrogens with zero attached hydrogens (tertiary/aromatic N) is 2. The molecule has 0 saturated carbocycles. The summed E-state index contributed by atoms with van der Waals surface area (Å²) in [6.07, 6.45) is 1.33. The quantitative estimate of drug-likeness (QED) is 0.152. The molecule has 2 aliphatic rings. The first-order valence-corrected chi connectivity index (χ1v) is 15.0. The maximum absolute atomic E-state index is 13.5. The van der Waals surface area contributed by atoms with E-state index in [1.54, 1.807) is 38.3 Å². The van der Waals surface area contributed by atoms with Crippen LogP contribution in [0.1, 0.15) is 76.1 Å². The summed E-state index contributed by atoms with van der Waals surface area (Å²) in [5.74, 6) is -1.54. The Labute approximate surface area is 255 Å². The van der Waals surface area contributed by atoms with Crippen LogP contribution in [0, 0.1) is 0 Å². The van der Waals surface area contributed by atoms with Crippen LogP contribution in [0.2, 0.25) is 0 Å². The minimum absolute atomic E-state index is 0.0401. The van der Waals surface area contributed by atoms with Gasteiger partial charge < -0.3 is 28.6 Å². The third-order valence-corrected chi connectivity index (χ3v) is 7.93. The maximum atomic E-state index is 13.5.